The highest BCUT2D eigenvalue weighted by atomic mass is 35.5. The van der Waals surface area contributed by atoms with E-state index in [2.05, 4.69) is 25.1 Å². The second-order valence-electron chi connectivity index (χ2n) is 18.3. The molecule has 2 aliphatic rings. The third-order valence-electron chi connectivity index (χ3n) is 12.6. The molecule has 5 aromatic rings. The Morgan fingerprint density at radius 2 is 1.61 bits per heavy atom. The van der Waals surface area contributed by atoms with E-state index in [1.807, 2.05) is 135 Å². The van der Waals surface area contributed by atoms with Gasteiger partial charge in [-0.1, -0.05) is 71.7 Å². The number of carboxylic acids is 1. The lowest BCUT2D eigenvalue weighted by Gasteiger charge is -2.45. The zero-order valence-corrected chi connectivity index (χ0v) is 41.9. The van der Waals surface area contributed by atoms with Crippen molar-refractivity contribution in [1.82, 2.24) is 34.9 Å². The van der Waals surface area contributed by atoms with Gasteiger partial charge in [-0.15, -0.1) is 0 Å². The lowest BCUT2D eigenvalue weighted by atomic mass is 9.81. The van der Waals surface area contributed by atoms with Crippen LogP contribution in [0.2, 0.25) is 10.0 Å². The van der Waals surface area contributed by atoms with E-state index < -0.39 is 35.7 Å². The third-order valence-corrected chi connectivity index (χ3v) is 13.1. The first kappa shape index (κ1) is 54.4. The minimum absolute atomic E-state index is 0.0276. The number of halogens is 5. The standard InChI is InChI=1S/C50H59Cl2N7O5.C2HF3O2/c1-34-47(60)54-43(32-63-5)48(61)55-50(28-36-12-17-40(51)18-13-36)23-9-24-59(33-50)49(62)38(26-35-10-7-6-8-11-35)22-25-58(34)30-39-14-19-41(52)27-45(39)64-42-20-15-37(16-21-42)44-29-53-46(57(44)4)31-56(2)3;3-2(4,5)1(6)7/h6-8,10-21,27,29,34,38,43H,9,22-26,28,30-33H2,1-5H3,(H,54,60)(H,55,61);(H,6,7). The number of carboxylic acid groups (broad SMARTS) is 1. The zero-order valence-electron chi connectivity index (χ0n) is 40.3. The minimum atomic E-state index is -5.08. The number of nitrogens with one attached hydrogen (secondary N) is 2. The molecule has 4 aromatic carbocycles. The summed E-state index contributed by atoms with van der Waals surface area (Å²) in [7, 11) is 7.56. The van der Waals surface area contributed by atoms with Crippen LogP contribution in [0.15, 0.2) is 103 Å². The number of carbonyl (C=O) groups excluding carboxylic acids is 3. The molecular formula is C52H60Cl2F3N7O7. The summed E-state index contributed by atoms with van der Waals surface area (Å²) < 4.78 is 45.9. The Morgan fingerprint density at radius 1 is 0.930 bits per heavy atom. The van der Waals surface area contributed by atoms with Crippen molar-refractivity contribution >= 4 is 46.9 Å². The van der Waals surface area contributed by atoms with Crippen molar-refractivity contribution in [2.75, 3.05) is 47.4 Å². The van der Waals surface area contributed by atoms with Crippen molar-refractivity contribution in [2.24, 2.45) is 13.0 Å². The molecule has 3 amide bonds. The summed E-state index contributed by atoms with van der Waals surface area (Å²) in [6.45, 7) is 4.12. The number of ether oxygens (including phenoxy) is 2. The number of hydrogen-bond acceptors (Lipinski definition) is 9. The summed E-state index contributed by atoms with van der Waals surface area (Å²) in [6, 6.07) is 29.3. The molecule has 14 nitrogen and oxygen atoms in total. The number of amides is 3. The molecule has 0 saturated carbocycles. The average molecular weight is 1020 g/mol. The molecule has 19 heteroatoms. The quantitative estimate of drug-likeness (QED) is 0.105. The predicted octanol–water partition coefficient (Wildman–Crippen LogP) is 8.19. The highest BCUT2D eigenvalue weighted by molar-refractivity contribution is 6.31. The number of carbonyl (C=O) groups is 4. The predicted molar refractivity (Wildman–Crippen MR) is 265 cm³/mol. The van der Waals surface area contributed by atoms with Crippen LogP contribution in [0.1, 0.15) is 48.7 Å². The number of alkyl halides is 3. The van der Waals surface area contributed by atoms with Crippen molar-refractivity contribution in [1.29, 1.82) is 0 Å². The highest BCUT2D eigenvalue weighted by Crippen LogP contribution is 2.33. The van der Waals surface area contributed by atoms with Gasteiger partial charge in [-0.3, -0.25) is 19.3 Å². The van der Waals surface area contributed by atoms with Crippen LogP contribution in [0.5, 0.6) is 11.5 Å². The van der Waals surface area contributed by atoms with Crippen LogP contribution >= 0.6 is 23.2 Å². The number of imidazole rings is 1. The highest BCUT2D eigenvalue weighted by Gasteiger charge is 2.42. The van der Waals surface area contributed by atoms with Gasteiger partial charge in [0.05, 0.1) is 36.6 Å². The second-order valence-corrected chi connectivity index (χ2v) is 19.2. The number of hydrogen-bond donors (Lipinski definition) is 3. The first-order chi connectivity index (χ1) is 33.7. The molecule has 380 valence electrons. The number of piperidine rings is 1. The lowest BCUT2D eigenvalue weighted by molar-refractivity contribution is -0.192. The van der Waals surface area contributed by atoms with Crippen molar-refractivity contribution < 1.29 is 46.9 Å². The maximum atomic E-state index is 14.9. The molecule has 2 bridgehead atoms. The fourth-order valence-corrected chi connectivity index (χ4v) is 9.19. The Bertz CT molecular complexity index is 2600. The van der Waals surface area contributed by atoms with E-state index in [0.29, 0.717) is 79.8 Å². The maximum absolute atomic E-state index is 14.9. The summed E-state index contributed by atoms with van der Waals surface area (Å²) in [5.41, 5.74) is 4.05. The summed E-state index contributed by atoms with van der Waals surface area (Å²) >= 11 is 12.9. The molecule has 4 atom stereocenters. The summed E-state index contributed by atoms with van der Waals surface area (Å²) in [5.74, 6) is -1.71. The minimum Gasteiger partial charge on any atom is -0.475 e. The average Bonchev–Trinajstić information content (AvgIpc) is 3.68. The zero-order chi connectivity index (χ0) is 51.5. The molecule has 1 aromatic heterocycles. The van der Waals surface area contributed by atoms with Crippen molar-refractivity contribution in [3.05, 3.63) is 136 Å². The molecule has 4 unspecified atom stereocenters. The fraction of sp³-hybridized carbons (Fsp3) is 0.404. The molecule has 0 aliphatic carbocycles. The Labute approximate surface area is 422 Å². The van der Waals surface area contributed by atoms with E-state index in [1.165, 1.54) is 7.11 Å². The van der Waals surface area contributed by atoms with Gasteiger partial charge in [0.25, 0.3) is 0 Å². The molecule has 7 rings (SSSR count). The number of benzene rings is 4. The van der Waals surface area contributed by atoms with E-state index in [-0.39, 0.29) is 24.3 Å². The first-order valence-corrected chi connectivity index (χ1v) is 23.9. The molecule has 2 fully saturated rings. The second kappa shape index (κ2) is 24.4. The number of methoxy groups -OCH3 is 1. The Kier molecular flexibility index (Phi) is 18.7. The third kappa shape index (κ3) is 15.0. The maximum Gasteiger partial charge on any atom is 0.490 e. The van der Waals surface area contributed by atoms with Gasteiger partial charge in [-0.25, -0.2) is 9.78 Å². The van der Waals surface area contributed by atoms with Crippen molar-refractivity contribution in [2.45, 2.75) is 75.9 Å². The van der Waals surface area contributed by atoms with Crippen LogP contribution < -0.4 is 15.4 Å². The number of aliphatic carboxylic acids is 1. The lowest BCUT2D eigenvalue weighted by Crippen LogP contribution is -2.65. The topological polar surface area (TPSA) is 159 Å². The van der Waals surface area contributed by atoms with E-state index in [4.69, 9.17) is 42.6 Å². The van der Waals surface area contributed by atoms with Crippen molar-refractivity contribution in [3.63, 3.8) is 0 Å². The van der Waals surface area contributed by atoms with Gasteiger partial charge in [-0.2, -0.15) is 13.2 Å². The van der Waals surface area contributed by atoms with Crippen LogP contribution in [-0.2, 0) is 56.9 Å². The first-order valence-electron chi connectivity index (χ1n) is 23.2. The van der Waals surface area contributed by atoms with E-state index in [1.54, 1.807) is 6.07 Å². The van der Waals surface area contributed by atoms with Gasteiger partial charge in [0, 0.05) is 67.4 Å². The van der Waals surface area contributed by atoms with Crippen LogP contribution in [0.25, 0.3) is 11.3 Å². The molecular weight excluding hydrogens is 963 g/mol. The summed E-state index contributed by atoms with van der Waals surface area (Å²) in [6.07, 6.45) is -0.353. The largest absolute Gasteiger partial charge is 0.490 e. The van der Waals surface area contributed by atoms with E-state index >= 15 is 0 Å². The molecule has 0 spiro atoms. The Hall–Kier alpha value is -5.98. The molecule has 71 heavy (non-hydrogen) atoms. The number of nitrogens with zero attached hydrogens (tertiary/aromatic N) is 5. The van der Waals surface area contributed by atoms with E-state index in [9.17, 15) is 27.6 Å². The van der Waals surface area contributed by atoms with Gasteiger partial charge >= 0.3 is 12.1 Å². The Morgan fingerprint density at radius 3 is 2.25 bits per heavy atom. The van der Waals surface area contributed by atoms with E-state index in [0.717, 1.165) is 40.3 Å². The molecule has 3 N–H and O–H groups in total. The summed E-state index contributed by atoms with van der Waals surface area (Å²) in [4.78, 5) is 63.3. The fourth-order valence-electron chi connectivity index (χ4n) is 8.90. The van der Waals surface area contributed by atoms with Crippen LogP contribution in [0.3, 0.4) is 0 Å². The van der Waals surface area contributed by atoms with Gasteiger partial charge in [-0.05, 0) is 113 Å². The van der Waals surface area contributed by atoms with Crippen LogP contribution in [-0.4, -0.2) is 124 Å². The van der Waals surface area contributed by atoms with Crippen molar-refractivity contribution in [3.8, 4) is 22.8 Å². The molecule has 3 heterocycles. The van der Waals surface area contributed by atoms with Gasteiger partial charge in [0.2, 0.25) is 17.7 Å². The molecule has 2 saturated heterocycles. The number of aromatic nitrogens is 2. The van der Waals surface area contributed by atoms with Crippen LogP contribution in [0.4, 0.5) is 13.2 Å². The molecule has 0 radical (unpaired) electrons. The summed E-state index contributed by atoms with van der Waals surface area (Å²) in [5, 5.41) is 14.6. The van der Waals surface area contributed by atoms with Gasteiger partial charge in [0.1, 0.15) is 23.4 Å². The SMILES string of the molecule is COCC1NC(=O)C(C)N(Cc2ccc(Cl)cc2Oc2ccc(-c3cnc(CN(C)C)n3C)cc2)CCC(Cc2ccccc2)C(=O)N2CCCC(Cc3ccc(Cl)cc3)(C2)NC1=O.O=C(O)C(F)(F)F. The Balaban J connectivity index is 0.00000110. The number of rotatable bonds is 13. The molecule has 2 aliphatic heterocycles. The normalized spacial score (nSPS) is 20.4. The van der Waals surface area contributed by atoms with Gasteiger partial charge < -0.3 is 39.6 Å². The number of fused-ring (bicyclic) bond motifs is 2. The van der Waals surface area contributed by atoms with Crippen LogP contribution in [0, 0.1) is 5.92 Å². The monoisotopic (exact) mass is 1020 g/mol. The van der Waals surface area contributed by atoms with Gasteiger partial charge in [0.15, 0.2) is 0 Å². The smallest absolute Gasteiger partial charge is 0.475 e.